The molecular weight excluding hydrogens is 516 g/mol. The predicted octanol–water partition coefficient (Wildman–Crippen LogP) is 5.53. The van der Waals surface area contributed by atoms with Crippen LogP contribution in [0.3, 0.4) is 0 Å². The van der Waals surface area contributed by atoms with E-state index in [4.69, 9.17) is 14.2 Å². The number of amides is 1. The molecule has 1 unspecified atom stereocenters. The Hall–Kier alpha value is -3.72. The summed E-state index contributed by atoms with van der Waals surface area (Å²) in [7, 11) is 0.524. The molecule has 3 aromatic rings. The van der Waals surface area contributed by atoms with Gasteiger partial charge in [0.1, 0.15) is 12.3 Å². The van der Waals surface area contributed by atoms with Crippen LogP contribution in [0.5, 0.6) is 17.2 Å². The van der Waals surface area contributed by atoms with Crippen LogP contribution in [0.4, 0.5) is 5.69 Å². The van der Waals surface area contributed by atoms with Gasteiger partial charge in [0.2, 0.25) is 5.91 Å². The van der Waals surface area contributed by atoms with Crippen LogP contribution < -0.4 is 23.8 Å². The van der Waals surface area contributed by atoms with Crippen LogP contribution in [0, 0.1) is 13.8 Å². The van der Waals surface area contributed by atoms with Crippen LogP contribution in [-0.2, 0) is 14.8 Å². The fourth-order valence-corrected chi connectivity index (χ4v) is 5.85. The van der Waals surface area contributed by atoms with Crippen molar-refractivity contribution in [2.45, 2.75) is 51.5 Å². The molecule has 9 heteroatoms. The summed E-state index contributed by atoms with van der Waals surface area (Å²) in [5, 5.41) is 2.98. The van der Waals surface area contributed by atoms with Gasteiger partial charge in [0.05, 0.1) is 38.0 Å². The Kier molecular flexibility index (Phi) is 9.50. The quantitative estimate of drug-likeness (QED) is 0.335. The van der Waals surface area contributed by atoms with E-state index in [1.807, 2.05) is 32.9 Å². The fraction of sp³-hybridized carbons (Fsp3) is 0.367. The van der Waals surface area contributed by atoms with Crippen LogP contribution in [0.15, 0.2) is 59.5 Å². The number of nitrogens with one attached hydrogen (secondary N) is 1. The van der Waals surface area contributed by atoms with Gasteiger partial charge in [-0.2, -0.15) is 0 Å². The van der Waals surface area contributed by atoms with Crippen molar-refractivity contribution in [3.63, 3.8) is 0 Å². The molecule has 0 fully saturated rings. The molecule has 3 rings (SSSR count). The molecule has 0 aromatic heterocycles. The Morgan fingerprint density at radius 3 is 2.00 bits per heavy atom. The minimum atomic E-state index is -4.09. The summed E-state index contributed by atoms with van der Waals surface area (Å²) in [5.74, 6) is 1.37. The molecule has 0 spiro atoms. The molecule has 1 amide bonds. The van der Waals surface area contributed by atoms with Crippen molar-refractivity contribution in [3.05, 3.63) is 76.9 Å². The average Bonchev–Trinajstić information content (AvgIpc) is 2.90. The molecule has 210 valence electrons. The maximum atomic E-state index is 13.8. The molecule has 0 aliphatic carbocycles. The summed E-state index contributed by atoms with van der Waals surface area (Å²) >= 11 is 0. The van der Waals surface area contributed by atoms with Gasteiger partial charge in [0.15, 0.2) is 11.5 Å². The number of carbonyl (C=O) groups is 1. The minimum Gasteiger partial charge on any atom is -0.496 e. The number of carbonyl (C=O) groups excluding carboxylic acids is 1. The lowest BCUT2D eigenvalue weighted by Crippen LogP contribution is -2.41. The first-order valence-electron chi connectivity index (χ1n) is 12.7. The summed E-state index contributed by atoms with van der Waals surface area (Å²) in [6, 6.07) is 14.9. The lowest BCUT2D eigenvalue weighted by Gasteiger charge is -2.26. The third-order valence-electron chi connectivity index (χ3n) is 6.64. The monoisotopic (exact) mass is 554 g/mol. The maximum absolute atomic E-state index is 13.8. The first-order valence-corrected chi connectivity index (χ1v) is 14.2. The van der Waals surface area contributed by atoms with Gasteiger partial charge in [-0.3, -0.25) is 9.10 Å². The second-order valence-electron chi connectivity index (χ2n) is 9.76. The summed E-state index contributed by atoms with van der Waals surface area (Å²) in [6.45, 7) is 9.45. The number of hydrogen-bond donors (Lipinski definition) is 1. The number of nitrogens with zero attached hydrogens (tertiary/aromatic N) is 1. The Labute approximate surface area is 231 Å². The highest BCUT2D eigenvalue weighted by Crippen LogP contribution is 2.35. The third-order valence-corrected chi connectivity index (χ3v) is 8.42. The van der Waals surface area contributed by atoms with Crippen molar-refractivity contribution in [2.75, 3.05) is 32.2 Å². The van der Waals surface area contributed by atoms with E-state index in [-0.39, 0.29) is 22.5 Å². The van der Waals surface area contributed by atoms with Gasteiger partial charge in [-0.1, -0.05) is 31.5 Å². The number of hydrogen-bond acceptors (Lipinski definition) is 6. The molecule has 0 saturated carbocycles. The predicted molar refractivity (Wildman–Crippen MR) is 154 cm³/mol. The molecule has 1 atom stereocenters. The van der Waals surface area contributed by atoms with E-state index in [0.717, 1.165) is 32.3 Å². The Morgan fingerprint density at radius 2 is 1.44 bits per heavy atom. The van der Waals surface area contributed by atoms with E-state index in [1.165, 1.54) is 26.4 Å². The van der Waals surface area contributed by atoms with E-state index in [2.05, 4.69) is 19.2 Å². The number of sulfonamides is 1. The van der Waals surface area contributed by atoms with Gasteiger partial charge >= 0.3 is 0 Å². The van der Waals surface area contributed by atoms with Crippen molar-refractivity contribution in [2.24, 2.45) is 0 Å². The summed E-state index contributed by atoms with van der Waals surface area (Å²) in [6.07, 6.45) is 0. The van der Waals surface area contributed by atoms with Crippen molar-refractivity contribution in [3.8, 4) is 17.2 Å². The highest BCUT2D eigenvalue weighted by Gasteiger charge is 2.29. The van der Waals surface area contributed by atoms with E-state index >= 15 is 0 Å². The van der Waals surface area contributed by atoms with Crippen molar-refractivity contribution in [1.82, 2.24) is 5.32 Å². The number of rotatable bonds is 11. The number of anilines is 1. The third kappa shape index (κ3) is 6.65. The standard InChI is InChI=1S/C30H38N2O6S/c1-19(2)25-17-26(21(4)15-28(25)37-7)22(5)31-30(33)18-32(23-11-14-27(36-6)29(16-23)38-8)39(34,35)24-12-9-20(3)10-13-24/h9-17,19,22H,18H2,1-8H3,(H,31,33). The second-order valence-corrected chi connectivity index (χ2v) is 11.6. The van der Waals surface area contributed by atoms with Crippen molar-refractivity contribution < 1.29 is 27.4 Å². The largest absolute Gasteiger partial charge is 0.496 e. The molecule has 0 aliphatic heterocycles. The highest BCUT2D eigenvalue weighted by molar-refractivity contribution is 7.92. The summed E-state index contributed by atoms with van der Waals surface area (Å²) in [5.41, 5.74) is 4.14. The normalized spacial score (nSPS) is 12.1. The molecule has 1 N–H and O–H groups in total. The van der Waals surface area contributed by atoms with E-state index in [9.17, 15) is 13.2 Å². The van der Waals surface area contributed by atoms with Crippen LogP contribution in [0.25, 0.3) is 0 Å². The maximum Gasteiger partial charge on any atom is 0.264 e. The van der Waals surface area contributed by atoms with Crippen molar-refractivity contribution in [1.29, 1.82) is 0 Å². The molecule has 0 saturated heterocycles. The van der Waals surface area contributed by atoms with Gasteiger partial charge in [-0.15, -0.1) is 0 Å². The lowest BCUT2D eigenvalue weighted by atomic mass is 9.93. The first kappa shape index (κ1) is 29.8. The van der Waals surface area contributed by atoms with Gasteiger partial charge < -0.3 is 19.5 Å². The number of ether oxygens (including phenoxy) is 3. The van der Waals surface area contributed by atoms with Gasteiger partial charge in [0.25, 0.3) is 10.0 Å². The number of methoxy groups -OCH3 is 3. The molecule has 3 aromatic carbocycles. The second kappa shape index (κ2) is 12.4. The lowest BCUT2D eigenvalue weighted by molar-refractivity contribution is -0.120. The Morgan fingerprint density at radius 1 is 0.821 bits per heavy atom. The molecule has 0 heterocycles. The van der Waals surface area contributed by atoms with Gasteiger partial charge in [-0.25, -0.2) is 8.42 Å². The number of benzene rings is 3. The van der Waals surface area contributed by atoms with Crippen LogP contribution in [-0.4, -0.2) is 42.2 Å². The van der Waals surface area contributed by atoms with Crippen molar-refractivity contribution >= 4 is 21.6 Å². The SMILES string of the molecule is COc1ccc(N(CC(=O)NC(C)c2cc(C(C)C)c(OC)cc2C)S(=O)(=O)c2ccc(C)cc2)cc1OC. The van der Waals surface area contributed by atoms with Crippen LogP contribution in [0.1, 0.15) is 55.0 Å². The topological polar surface area (TPSA) is 94.2 Å². The smallest absolute Gasteiger partial charge is 0.264 e. The Bertz CT molecular complexity index is 1420. The summed E-state index contributed by atoms with van der Waals surface area (Å²) < 4.78 is 44.9. The van der Waals surface area contributed by atoms with E-state index < -0.39 is 22.5 Å². The molecule has 39 heavy (non-hydrogen) atoms. The van der Waals surface area contributed by atoms with Crippen LogP contribution >= 0.6 is 0 Å². The minimum absolute atomic E-state index is 0.0799. The average molecular weight is 555 g/mol. The zero-order chi connectivity index (χ0) is 28.9. The molecular formula is C30H38N2O6S. The molecule has 8 nitrogen and oxygen atoms in total. The first-order chi connectivity index (χ1) is 18.4. The molecule has 0 radical (unpaired) electrons. The van der Waals surface area contributed by atoms with Gasteiger partial charge in [0, 0.05) is 6.07 Å². The number of aryl methyl sites for hydroxylation is 2. The highest BCUT2D eigenvalue weighted by atomic mass is 32.2. The Balaban J connectivity index is 1.98. The fourth-order valence-electron chi connectivity index (χ4n) is 4.44. The van der Waals surface area contributed by atoms with E-state index in [0.29, 0.717) is 11.5 Å². The van der Waals surface area contributed by atoms with Crippen LogP contribution in [0.2, 0.25) is 0 Å². The zero-order valence-corrected chi connectivity index (χ0v) is 24.7. The summed E-state index contributed by atoms with van der Waals surface area (Å²) in [4.78, 5) is 13.5. The zero-order valence-electron chi connectivity index (χ0n) is 23.9. The molecule has 0 bridgehead atoms. The van der Waals surface area contributed by atoms with Gasteiger partial charge in [-0.05, 0) is 79.8 Å². The molecule has 0 aliphatic rings. The van der Waals surface area contributed by atoms with E-state index in [1.54, 1.807) is 37.4 Å².